The highest BCUT2D eigenvalue weighted by atomic mass is 79.9. The minimum Gasteiger partial charge on any atom is -0.465 e. The van der Waals surface area contributed by atoms with Crippen LogP contribution in [0.15, 0.2) is 28.7 Å². The highest BCUT2D eigenvalue weighted by molar-refractivity contribution is 9.09. The van der Waals surface area contributed by atoms with Gasteiger partial charge in [0.05, 0.1) is 4.83 Å². The van der Waals surface area contributed by atoms with Gasteiger partial charge in [-0.3, -0.25) is 0 Å². The average Bonchev–Trinajstić information content (AvgIpc) is 2.81. The first kappa shape index (κ1) is 13.6. The average molecular weight is 332 g/mol. The van der Waals surface area contributed by atoms with E-state index in [1.807, 2.05) is 19.1 Å². The Morgan fingerprint density at radius 1 is 1.39 bits per heavy atom. The fraction of sp³-hybridized carbons (Fsp3) is 0.286. The Morgan fingerprint density at radius 2 is 2.11 bits per heavy atom. The second-order valence-electron chi connectivity index (χ2n) is 4.14. The van der Waals surface area contributed by atoms with Crippen LogP contribution >= 0.6 is 27.5 Å². The Balaban J connectivity index is 2.39. The van der Waals surface area contributed by atoms with Crippen LogP contribution in [0.5, 0.6) is 0 Å². The van der Waals surface area contributed by atoms with Crippen molar-refractivity contribution in [2.24, 2.45) is 0 Å². The van der Waals surface area contributed by atoms with Crippen molar-refractivity contribution in [1.29, 1.82) is 0 Å². The third kappa shape index (κ3) is 2.62. The maximum absolute atomic E-state index is 13.4. The normalized spacial score (nSPS) is 12.7. The van der Waals surface area contributed by atoms with E-state index in [1.54, 1.807) is 13.0 Å². The number of hydrogen-bond donors (Lipinski definition) is 0. The van der Waals surface area contributed by atoms with Crippen LogP contribution in [0.25, 0.3) is 0 Å². The molecular weight excluding hydrogens is 319 g/mol. The van der Waals surface area contributed by atoms with Gasteiger partial charge in [0.25, 0.3) is 0 Å². The third-order valence-corrected chi connectivity index (χ3v) is 4.10. The zero-order chi connectivity index (χ0) is 13.3. The van der Waals surface area contributed by atoms with E-state index < -0.39 is 0 Å². The summed E-state index contributed by atoms with van der Waals surface area (Å²) >= 11 is 9.62. The van der Waals surface area contributed by atoms with Gasteiger partial charge in [-0.15, -0.1) is 0 Å². The summed E-state index contributed by atoms with van der Waals surface area (Å²) in [5.41, 5.74) is 1.38. The molecule has 0 aliphatic rings. The quantitative estimate of drug-likeness (QED) is 0.684. The van der Waals surface area contributed by atoms with E-state index >= 15 is 0 Å². The molecule has 0 radical (unpaired) electrons. The molecule has 1 atom stereocenters. The lowest BCUT2D eigenvalue weighted by Gasteiger charge is -2.11. The minimum absolute atomic E-state index is 0.162. The monoisotopic (exact) mass is 330 g/mol. The van der Waals surface area contributed by atoms with Crippen LogP contribution in [0.1, 0.15) is 34.4 Å². The van der Waals surface area contributed by atoms with Crippen molar-refractivity contribution >= 4 is 27.5 Å². The van der Waals surface area contributed by atoms with Gasteiger partial charge in [-0.2, -0.15) is 0 Å². The summed E-state index contributed by atoms with van der Waals surface area (Å²) in [7, 11) is 0. The first-order valence-electron chi connectivity index (χ1n) is 5.71. The van der Waals surface area contributed by atoms with Gasteiger partial charge in [0.2, 0.25) is 0 Å². The summed E-state index contributed by atoms with van der Waals surface area (Å²) in [6.07, 6.45) is 0.843. The van der Waals surface area contributed by atoms with Gasteiger partial charge in [-0.25, -0.2) is 4.39 Å². The lowest BCUT2D eigenvalue weighted by Crippen LogP contribution is -1.95. The van der Waals surface area contributed by atoms with Crippen molar-refractivity contribution in [2.75, 3.05) is 0 Å². The van der Waals surface area contributed by atoms with Gasteiger partial charge < -0.3 is 4.42 Å². The molecule has 2 aromatic rings. The van der Waals surface area contributed by atoms with E-state index in [0.29, 0.717) is 10.6 Å². The Kier molecular flexibility index (Phi) is 4.13. The number of alkyl halides is 1. The van der Waals surface area contributed by atoms with Crippen LogP contribution in [0.3, 0.4) is 0 Å². The molecule has 0 bridgehead atoms. The lowest BCUT2D eigenvalue weighted by atomic mass is 10.1. The molecule has 1 nitrogen and oxygen atoms in total. The van der Waals surface area contributed by atoms with Crippen LogP contribution in [0.4, 0.5) is 4.39 Å². The molecule has 1 aromatic carbocycles. The molecular formula is C14H13BrClFO. The smallest absolute Gasteiger partial charge is 0.127 e. The van der Waals surface area contributed by atoms with Crippen molar-refractivity contribution < 1.29 is 8.81 Å². The van der Waals surface area contributed by atoms with Gasteiger partial charge in [0, 0.05) is 11.4 Å². The van der Waals surface area contributed by atoms with Crippen LogP contribution in [-0.4, -0.2) is 0 Å². The molecule has 0 N–H and O–H groups in total. The molecule has 2 rings (SSSR count). The molecule has 0 aliphatic heterocycles. The molecule has 4 heteroatoms. The van der Waals surface area contributed by atoms with Crippen molar-refractivity contribution in [3.05, 3.63) is 57.8 Å². The third-order valence-electron chi connectivity index (χ3n) is 2.83. The first-order chi connectivity index (χ1) is 8.52. The summed E-state index contributed by atoms with van der Waals surface area (Å²) in [5.74, 6) is 1.40. The van der Waals surface area contributed by atoms with Gasteiger partial charge >= 0.3 is 0 Å². The van der Waals surface area contributed by atoms with E-state index in [2.05, 4.69) is 15.9 Å². The summed E-state index contributed by atoms with van der Waals surface area (Å²) in [5, 5.41) is 0.398. The molecule has 0 aliphatic carbocycles. The number of hydrogen-bond acceptors (Lipinski definition) is 1. The minimum atomic E-state index is -0.294. The van der Waals surface area contributed by atoms with E-state index in [4.69, 9.17) is 16.0 Å². The number of rotatable bonds is 3. The number of halogens is 3. The maximum atomic E-state index is 13.4. The highest BCUT2D eigenvalue weighted by Gasteiger charge is 2.18. The largest absolute Gasteiger partial charge is 0.465 e. The molecule has 18 heavy (non-hydrogen) atoms. The van der Waals surface area contributed by atoms with Crippen LogP contribution in [-0.2, 0) is 6.42 Å². The Bertz CT molecular complexity index is 565. The van der Waals surface area contributed by atoms with Crippen molar-refractivity contribution in [2.45, 2.75) is 25.1 Å². The SMILES string of the molecule is CCc1ccc(C(Br)c2cc(C)c(F)cc2Cl)o1. The van der Waals surface area contributed by atoms with E-state index in [1.165, 1.54) is 6.07 Å². The van der Waals surface area contributed by atoms with Crippen LogP contribution < -0.4 is 0 Å². The zero-order valence-corrected chi connectivity index (χ0v) is 12.5. The molecule has 1 unspecified atom stereocenters. The van der Waals surface area contributed by atoms with Crippen LogP contribution in [0.2, 0.25) is 5.02 Å². The lowest BCUT2D eigenvalue weighted by molar-refractivity contribution is 0.477. The maximum Gasteiger partial charge on any atom is 0.127 e. The number of aryl methyl sites for hydroxylation is 2. The predicted molar refractivity (Wildman–Crippen MR) is 75.0 cm³/mol. The Labute approximate surface area is 119 Å². The van der Waals surface area contributed by atoms with E-state index in [0.717, 1.165) is 23.5 Å². The standard InChI is InChI=1S/C14H13BrClFO/c1-3-9-4-5-13(18-9)14(15)10-6-8(2)12(17)7-11(10)16/h4-7,14H,3H2,1-2H3. The van der Waals surface area contributed by atoms with Crippen molar-refractivity contribution in [3.63, 3.8) is 0 Å². The molecule has 0 amide bonds. The van der Waals surface area contributed by atoms with E-state index in [-0.39, 0.29) is 10.6 Å². The predicted octanol–water partition coefficient (Wildman–Crippen LogP) is 5.43. The molecule has 1 aromatic heterocycles. The molecule has 0 fully saturated rings. The summed E-state index contributed by atoms with van der Waals surface area (Å²) in [6, 6.07) is 6.93. The fourth-order valence-electron chi connectivity index (χ4n) is 1.75. The number of furan rings is 1. The molecule has 0 saturated carbocycles. The summed E-state index contributed by atoms with van der Waals surface area (Å²) in [4.78, 5) is -0.162. The van der Waals surface area contributed by atoms with Crippen LogP contribution in [0, 0.1) is 12.7 Å². The Morgan fingerprint density at radius 3 is 2.72 bits per heavy atom. The topological polar surface area (TPSA) is 13.1 Å². The van der Waals surface area contributed by atoms with Crippen molar-refractivity contribution in [1.82, 2.24) is 0 Å². The van der Waals surface area contributed by atoms with Gasteiger partial charge in [-0.05, 0) is 36.2 Å². The molecule has 1 heterocycles. The fourth-order valence-corrected chi connectivity index (χ4v) is 2.76. The second-order valence-corrected chi connectivity index (χ2v) is 5.47. The summed E-state index contributed by atoms with van der Waals surface area (Å²) in [6.45, 7) is 3.75. The Hall–Kier alpha value is -0.800. The second kappa shape index (κ2) is 5.45. The summed E-state index contributed by atoms with van der Waals surface area (Å²) < 4.78 is 19.0. The van der Waals surface area contributed by atoms with E-state index in [9.17, 15) is 4.39 Å². The molecule has 0 saturated heterocycles. The zero-order valence-electron chi connectivity index (χ0n) is 10.1. The molecule has 0 spiro atoms. The first-order valence-corrected chi connectivity index (χ1v) is 7.00. The van der Waals surface area contributed by atoms with Gasteiger partial charge in [0.1, 0.15) is 17.3 Å². The number of benzene rings is 1. The molecule has 96 valence electrons. The van der Waals surface area contributed by atoms with Gasteiger partial charge in [-0.1, -0.05) is 40.5 Å². The van der Waals surface area contributed by atoms with Crippen molar-refractivity contribution in [3.8, 4) is 0 Å². The highest BCUT2D eigenvalue weighted by Crippen LogP contribution is 2.37. The van der Waals surface area contributed by atoms with Gasteiger partial charge in [0.15, 0.2) is 0 Å².